The number of aryl methyl sites for hydroxylation is 1. The quantitative estimate of drug-likeness (QED) is 0.775. The van der Waals surface area contributed by atoms with Gasteiger partial charge in [0.2, 0.25) is 0 Å². The number of hydrogen-bond acceptors (Lipinski definition) is 3. The Morgan fingerprint density at radius 2 is 2.00 bits per heavy atom. The maximum Gasteiger partial charge on any atom is 0.119 e. The molecule has 1 N–H and O–H groups in total. The van der Waals surface area contributed by atoms with Crippen molar-refractivity contribution in [3.8, 4) is 5.75 Å². The normalized spacial score (nSPS) is 16.6. The molecule has 112 valence electrons. The van der Waals surface area contributed by atoms with Gasteiger partial charge in [-0.05, 0) is 57.4 Å². The van der Waals surface area contributed by atoms with E-state index in [2.05, 4.69) is 42.3 Å². The van der Waals surface area contributed by atoms with Crippen molar-refractivity contribution in [1.29, 1.82) is 0 Å². The standard InChI is InChI=1S/C17H28N2O/c1-15(2)20-17-8-5-7-16(14-17)6-3-4-11-19-12-9-18-10-13-19/h5,7-8,14-15,18H,3-4,6,9-13H2,1-2H3. The number of rotatable bonds is 7. The van der Waals surface area contributed by atoms with Gasteiger partial charge in [-0.3, -0.25) is 0 Å². The molecule has 0 atom stereocenters. The van der Waals surface area contributed by atoms with Crippen LogP contribution in [0.3, 0.4) is 0 Å². The van der Waals surface area contributed by atoms with Gasteiger partial charge in [0.25, 0.3) is 0 Å². The van der Waals surface area contributed by atoms with E-state index < -0.39 is 0 Å². The van der Waals surface area contributed by atoms with Crippen molar-refractivity contribution in [2.75, 3.05) is 32.7 Å². The minimum Gasteiger partial charge on any atom is -0.491 e. The molecule has 0 radical (unpaired) electrons. The lowest BCUT2D eigenvalue weighted by atomic mass is 10.1. The summed E-state index contributed by atoms with van der Waals surface area (Å²) in [4.78, 5) is 2.56. The van der Waals surface area contributed by atoms with Crippen molar-refractivity contribution in [3.63, 3.8) is 0 Å². The van der Waals surface area contributed by atoms with Crippen LogP contribution in [-0.4, -0.2) is 43.7 Å². The van der Waals surface area contributed by atoms with E-state index in [1.807, 2.05) is 6.07 Å². The smallest absolute Gasteiger partial charge is 0.119 e. The van der Waals surface area contributed by atoms with Crippen LogP contribution in [0.1, 0.15) is 32.3 Å². The number of hydrogen-bond donors (Lipinski definition) is 1. The van der Waals surface area contributed by atoms with Gasteiger partial charge in [-0.25, -0.2) is 0 Å². The molecule has 3 nitrogen and oxygen atoms in total. The lowest BCUT2D eigenvalue weighted by Crippen LogP contribution is -2.43. The summed E-state index contributed by atoms with van der Waals surface area (Å²) >= 11 is 0. The lowest BCUT2D eigenvalue weighted by molar-refractivity contribution is 0.236. The highest BCUT2D eigenvalue weighted by Crippen LogP contribution is 2.16. The molecular formula is C17H28N2O. The van der Waals surface area contributed by atoms with Crippen LogP contribution in [0, 0.1) is 0 Å². The van der Waals surface area contributed by atoms with Crippen molar-refractivity contribution in [1.82, 2.24) is 10.2 Å². The fourth-order valence-corrected chi connectivity index (χ4v) is 2.65. The van der Waals surface area contributed by atoms with Crippen LogP contribution >= 0.6 is 0 Å². The first-order chi connectivity index (χ1) is 9.74. The minimum atomic E-state index is 0.248. The fourth-order valence-electron chi connectivity index (χ4n) is 2.65. The first-order valence-corrected chi connectivity index (χ1v) is 7.93. The largest absolute Gasteiger partial charge is 0.491 e. The molecule has 0 aliphatic carbocycles. The van der Waals surface area contributed by atoms with E-state index in [-0.39, 0.29) is 6.10 Å². The molecule has 1 fully saturated rings. The number of piperazine rings is 1. The molecule has 0 bridgehead atoms. The summed E-state index contributed by atoms with van der Waals surface area (Å²) in [5.41, 5.74) is 1.39. The topological polar surface area (TPSA) is 24.5 Å². The van der Waals surface area contributed by atoms with Crippen LogP contribution in [0.2, 0.25) is 0 Å². The molecule has 1 aromatic rings. The molecule has 0 amide bonds. The summed E-state index contributed by atoms with van der Waals surface area (Å²) in [5, 5.41) is 3.40. The maximum absolute atomic E-state index is 5.74. The highest BCUT2D eigenvalue weighted by atomic mass is 16.5. The molecule has 1 aliphatic rings. The average molecular weight is 276 g/mol. The number of benzene rings is 1. The molecule has 20 heavy (non-hydrogen) atoms. The summed E-state index contributed by atoms with van der Waals surface area (Å²) in [6.07, 6.45) is 3.95. The molecule has 1 aliphatic heterocycles. The highest BCUT2D eigenvalue weighted by Gasteiger charge is 2.08. The number of ether oxygens (including phenoxy) is 1. The van der Waals surface area contributed by atoms with E-state index >= 15 is 0 Å². The van der Waals surface area contributed by atoms with Gasteiger partial charge in [0.05, 0.1) is 6.10 Å². The van der Waals surface area contributed by atoms with Crippen LogP contribution in [0.5, 0.6) is 5.75 Å². The predicted molar refractivity (Wildman–Crippen MR) is 84.5 cm³/mol. The van der Waals surface area contributed by atoms with Crippen LogP contribution in [0.15, 0.2) is 24.3 Å². The maximum atomic E-state index is 5.74. The van der Waals surface area contributed by atoms with E-state index in [1.54, 1.807) is 0 Å². The Hall–Kier alpha value is -1.06. The van der Waals surface area contributed by atoms with Gasteiger partial charge in [-0.15, -0.1) is 0 Å². The summed E-state index contributed by atoms with van der Waals surface area (Å²) in [6.45, 7) is 10.1. The number of unbranched alkanes of at least 4 members (excludes halogenated alkanes) is 1. The van der Waals surface area contributed by atoms with Crippen molar-refractivity contribution >= 4 is 0 Å². The summed E-state index contributed by atoms with van der Waals surface area (Å²) < 4.78 is 5.74. The zero-order valence-corrected chi connectivity index (χ0v) is 12.9. The van der Waals surface area contributed by atoms with E-state index in [9.17, 15) is 0 Å². The van der Waals surface area contributed by atoms with Gasteiger partial charge >= 0.3 is 0 Å². The first-order valence-electron chi connectivity index (χ1n) is 7.93. The Morgan fingerprint density at radius 3 is 2.75 bits per heavy atom. The van der Waals surface area contributed by atoms with Gasteiger partial charge in [-0.2, -0.15) is 0 Å². The Labute approximate surface area is 123 Å². The number of nitrogens with zero attached hydrogens (tertiary/aromatic N) is 1. The molecule has 3 heteroatoms. The van der Waals surface area contributed by atoms with Crippen molar-refractivity contribution in [3.05, 3.63) is 29.8 Å². The molecule has 0 aromatic heterocycles. The van der Waals surface area contributed by atoms with Crippen LogP contribution in [-0.2, 0) is 6.42 Å². The zero-order valence-electron chi connectivity index (χ0n) is 12.9. The molecule has 1 saturated heterocycles. The second-order valence-electron chi connectivity index (χ2n) is 5.86. The van der Waals surface area contributed by atoms with Gasteiger partial charge in [-0.1, -0.05) is 12.1 Å². The van der Waals surface area contributed by atoms with E-state index in [4.69, 9.17) is 4.74 Å². The van der Waals surface area contributed by atoms with Gasteiger partial charge in [0.1, 0.15) is 5.75 Å². The Kier molecular flexibility index (Phi) is 6.34. The Balaban J connectivity index is 1.68. The molecule has 0 saturated carbocycles. The molecule has 1 heterocycles. The van der Waals surface area contributed by atoms with Crippen LogP contribution in [0.4, 0.5) is 0 Å². The number of nitrogens with one attached hydrogen (secondary N) is 1. The van der Waals surface area contributed by atoms with E-state index in [1.165, 1.54) is 38.0 Å². The third-order valence-corrected chi connectivity index (χ3v) is 3.67. The van der Waals surface area contributed by atoms with Gasteiger partial charge < -0.3 is 15.0 Å². The second-order valence-corrected chi connectivity index (χ2v) is 5.86. The summed E-state index contributed by atoms with van der Waals surface area (Å²) in [7, 11) is 0. The molecule has 0 spiro atoms. The predicted octanol–water partition coefficient (Wildman–Crippen LogP) is 2.70. The molecule has 0 unspecified atom stereocenters. The van der Waals surface area contributed by atoms with Crippen molar-refractivity contribution in [2.45, 2.75) is 39.2 Å². The molecular weight excluding hydrogens is 248 g/mol. The monoisotopic (exact) mass is 276 g/mol. The van der Waals surface area contributed by atoms with Crippen molar-refractivity contribution in [2.24, 2.45) is 0 Å². The molecule has 2 rings (SSSR count). The van der Waals surface area contributed by atoms with E-state index in [0.717, 1.165) is 25.3 Å². The zero-order chi connectivity index (χ0) is 14.2. The third kappa shape index (κ3) is 5.51. The summed E-state index contributed by atoms with van der Waals surface area (Å²) in [6, 6.07) is 8.54. The Bertz CT molecular complexity index is 386. The van der Waals surface area contributed by atoms with Crippen LogP contribution in [0.25, 0.3) is 0 Å². The highest BCUT2D eigenvalue weighted by molar-refractivity contribution is 5.28. The Morgan fingerprint density at radius 1 is 1.20 bits per heavy atom. The first kappa shape index (κ1) is 15.3. The van der Waals surface area contributed by atoms with E-state index in [0.29, 0.717) is 0 Å². The SMILES string of the molecule is CC(C)Oc1cccc(CCCCN2CCNCC2)c1. The van der Waals surface area contributed by atoms with Gasteiger partial charge in [0, 0.05) is 26.2 Å². The summed E-state index contributed by atoms with van der Waals surface area (Å²) in [5.74, 6) is 1.000. The average Bonchev–Trinajstić information content (AvgIpc) is 2.44. The second kappa shape index (κ2) is 8.28. The third-order valence-electron chi connectivity index (χ3n) is 3.67. The van der Waals surface area contributed by atoms with Gasteiger partial charge in [0.15, 0.2) is 0 Å². The molecule has 1 aromatic carbocycles. The van der Waals surface area contributed by atoms with Crippen LogP contribution < -0.4 is 10.1 Å². The lowest BCUT2D eigenvalue weighted by Gasteiger charge is -2.27. The minimum absolute atomic E-state index is 0.248. The van der Waals surface area contributed by atoms with Crippen molar-refractivity contribution < 1.29 is 4.74 Å². The fraction of sp³-hybridized carbons (Fsp3) is 0.647.